The quantitative estimate of drug-likeness (QED) is 0.662. The number of halogens is 1. The third kappa shape index (κ3) is 4.02. The maximum absolute atomic E-state index is 14.0. The Balaban J connectivity index is 1.96. The minimum absolute atomic E-state index is 0.0979. The molecule has 116 valence electrons. The van der Waals surface area contributed by atoms with Crippen LogP contribution in [0.2, 0.25) is 0 Å². The molecule has 0 amide bonds. The van der Waals surface area contributed by atoms with Crippen molar-refractivity contribution in [3.8, 4) is 0 Å². The first-order valence-corrected chi connectivity index (χ1v) is 7.37. The lowest BCUT2D eigenvalue weighted by atomic mass is 10.0. The molecule has 1 saturated heterocycles. The zero-order valence-electron chi connectivity index (χ0n) is 13.1. The monoisotopic (exact) mass is 292 g/mol. The summed E-state index contributed by atoms with van der Waals surface area (Å²) in [5.74, 6) is -0.375. The molecule has 1 aliphatic rings. The van der Waals surface area contributed by atoms with Gasteiger partial charge in [0.25, 0.3) is 0 Å². The van der Waals surface area contributed by atoms with Crippen LogP contribution < -0.4 is 5.73 Å². The van der Waals surface area contributed by atoms with E-state index in [1.54, 1.807) is 12.1 Å². The molecule has 0 atom stereocenters. The Hall–Kier alpha value is -1.46. The van der Waals surface area contributed by atoms with Gasteiger partial charge in [0.05, 0.1) is 0 Å². The van der Waals surface area contributed by atoms with E-state index >= 15 is 0 Å². The Morgan fingerprint density at radius 1 is 1.24 bits per heavy atom. The fourth-order valence-electron chi connectivity index (χ4n) is 2.66. The standard InChI is InChI=1S/C16H25FN4/c1-16(2,3)21-8-6-20(7-9-21)11-13-5-4-12(15(18)19)10-14(13)17/h4-5,10H,6-9,11H2,1-3H3,(H3,18,19). The van der Waals surface area contributed by atoms with Crippen molar-refractivity contribution in [1.29, 1.82) is 5.41 Å². The molecule has 1 fully saturated rings. The van der Waals surface area contributed by atoms with Crippen LogP contribution in [0, 0.1) is 11.2 Å². The fourth-order valence-corrected chi connectivity index (χ4v) is 2.66. The lowest BCUT2D eigenvalue weighted by Crippen LogP contribution is -2.53. The van der Waals surface area contributed by atoms with E-state index in [1.165, 1.54) is 6.07 Å². The molecular weight excluding hydrogens is 267 g/mol. The smallest absolute Gasteiger partial charge is 0.128 e. The van der Waals surface area contributed by atoms with Gasteiger partial charge in [-0.3, -0.25) is 15.2 Å². The molecule has 0 aliphatic carbocycles. The van der Waals surface area contributed by atoms with Gasteiger partial charge >= 0.3 is 0 Å². The first-order valence-electron chi connectivity index (χ1n) is 7.37. The zero-order valence-corrected chi connectivity index (χ0v) is 13.1. The van der Waals surface area contributed by atoms with Gasteiger partial charge in [0, 0.05) is 49.4 Å². The molecule has 4 nitrogen and oxygen atoms in total. The van der Waals surface area contributed by atoms with E-state index in [0.29, 0.717) is 17.7 Å². The highest BCUT2D eigenvalue weighted by molar-refractivity contribution is 5.94. The molecule has 0 radical (unpaired) electrons. The third-order valence-corrected chi connectivity index (χ3v) is 4.08. The van der Waals surface area contributed by atoms with Crippen LogP contribution in [0.3, 0.4) is 0 Å². The number of piperazine rings is 1. The van der Waals surface area contributed by atoms with Crippen LogP contribution in [0.25, 0.3) is 0 Å². The number of hydrogen-bond acceptors (Lipinski definition) is 3. The molecule has 0 bridgehead atoms. The molecule has 1 aromatic carbocycles. The molecule has 0 unspecified atom stereocenters. The predicted octanol–water partition coefficient (Wildman–Crippen LogP) is 2.03. The summed E-state index contributed by atoms with van der Waals surface area (Å²) in [5, 5.41) is 7.33. The summed E-state index contributed by atoms with van der Waals surface area (Å²) in [6.07, 6.45) is 0. The van der Waals surface area contributed by atoms with E-state index in [4.69, 9.17) is 11.1 Å². The van der Waals surface area contributed by atoms with Crippen molar-refractivity contribution < 1.29 is 4.39 Å². The van der Waals surface area contributed by atoms with Gasteiger partial charge in [-0.15, -0.1) is 0 Å². The topological polar surface area (TPSA) is 56.4 Å². The second-order valence-corrected chi connectivity index (χ2v) is 6.65. The number of hydrogen-bond donors (Lipinski definition) is 2. The number of nitrogens with one attached hydrogen (secondary N) is 1. The van der Waals surface area contributed by atoms with Crippen molar-refractivity contribution >= 4 is 5.84 Å². The van der Waals surface area contributed by atoms with Gasteiger partial charge in [-0.2, -0.15) is 0 Å². The summed E-state index contributed by atoms with van der Waals surface area (Å²) in [4.78, 5) is 4.73. The van der Waals surface area contributed by atoms with Crippen LogP contribution in [-0.4, -0.2) is 47.4 Å². The molecule has 0 spiro atoms. The number of nitrogens with two attached hydrogens (primary N) is 1. The second-order valence-electron chi connectivity index (χ2n) is 6.65. The van der Waals surface area contributed by atoms with Crippen molar-refractivity contribution in [3.05, 3.63) is 35.1 Å². The van der Waals surface area contributed by atoms with E-state index in [9.17, 15) is 4.39 Å². The number of nitrogens with zero attached hydrogens (tertiary/aromatic N) is 2. The van der Waals surface area contributed by atoms with Crippen molar-refractivity contribution in [3.63, 3.8) is 0 Å². The molecule has 1 aromatic rings. The van der Waals surface area contributed by atoms with Gasteiger partial charge in [0.15, 0.2) is 0 Å². The van der Waals surface area contributed by atoms with Gasteiger partial charge in [0.1, 0.15) is 11.7 Å². The molecule has 1 heterocycles. The van der Waals surface area contributed by atoms with Crippen molar-refractivity contribution in [2.24, 2.45) is 5.73 Å². The van der Waals surface area contributed by atoms with E-state index in [-0.39, 0.29) is 17.2 Å². The van der Waals surface area contributed by atoms with Crippen molar-refractivity contribution in [1.82, 2.24) is 9.80 Å². The minimum atomic E-state index is -0.277. The van der Waals surface area contributed by atoms with E-state index in [0.717, 1.165) is 26.2 Å². The maximum Gasteiger partial charge on any atom is 0.128 e. The van der Waals surface area contributed by atoms with Gasteiger partial charge < -0.3 is 5.73 Å². The number of nitrogen functional groups attached to an aromatic ring is 1. The Morgan fingerprint density at radius 2 is 1.86 bits per heavy atom. The average molecular weight is 292 g/mol. The highest BCUT2D eigenvalue weighted by atomic mass is 19.1. The predicted molar refractivity (Wildman–Crippen MR) is 84.0 cm³/mol. The Kier molecular flexibility index (Phi) is 4.64. The van der Waals surface area contributed by atoms with Gasteiger partial charge in [0.2, 0.25) is 0 Å². The normalized spacial score (nSPS) is 17.9. The average Bonchev–Trinajstić information content (AvgIpc) is 2.40. The zero-order chi connectivity index (χ0) is 15.6. The molecule has 21 heavy (non-hydrogen) atoms. The number of benzene rings is 1. The van der Waals surface area contributed by atoms with Crippen molar-refractivity contribution in [2.45, 2.75) is 32.9 Å². The summed E-state index contributed by atoms with van der Waals surface area (Å²) in [5.41, 5.74) is 6.68. The van der Waals surface area contributed by atoms with Gasteiger partial charge in [-0.1, -0.05) is 12.1 Å². The van der Waals surface area contributed by atoms with Crippen LogP contribution in [0.15, 0.2) is 18.2 Å². The van der Waals surface area contributed by atoms with Crippen LogP contribution in [0.4, 0.5) is 4.39 Å². The lowest BCUT2D eigenvalue weighted by Gasteiger charge is -2.42. The van der Waals surface area contributed by atoms with Crippen LogP contribution in [-0.2, 0) is 6.54 Å². The maximum atomic E-state index is 14.0. The van der Waals surface area contributed by atoms with E-state index < -0.39 is 0 Å². The molecular formula is C16H25FN4. The number of amidine groups is 1. The van der Waals surface area contributed by atoms with E-state index in [1.807, 2.05) is 0 Å². The highest BCUT2D eigenvalue weighted by Crippen LogP contribution is 2.18. The summed E-state index contributed by atoms with van der Waals surface area (Å²) in [6, 6.07) is 4.80. The molecule has 3 N–H and O–H groups in total. The van der Waals surface area contributed by atoms with Crippen LogP contribution in [0.1, 0.15) is 31.9 Å². The Labute approximate surface area is 126 Å². The lowest BCUT2D eigenvalue weighted by molar-refractivity contribution is 0.0586. The summed E-state index contributed by atoms with van der Waals surface area (Å²) < 4.78 is 14.0. The second kappa shape index (κ2) is 6.12. The first-order chi connectivity index (χ1) is 9.77. The molecule has 0 aromatic heterocycles. The van der Waals surface area contributed by atoms with Crippen LogP contribution >= 0.6 is 0 Å². The first kappa shape index (κ1) is 15.9. The Morgan fingerprint density at radius 3 is 2.33 bits per heavy atom. The molecule has 2 rings (SSSR count). The molecule has 5 heteroatoms. The van der Waals surface area contributed by atoms with Gasteiger partial charge in [-0.25, -0.2) is 4.39 Å². The summed E-state index contributed by atoms with van der Waals surface area (Å²) in [7, 11) is 0. The molecule has 1 aliphatic heterocycles. The number of rotatable bonds is 3. The SMILES string of the molecule is CC(C)(C)N1CCN(Cc2ccc(C(=N)N)cc2F)CC1. The highest BCUT2D eigenvalue weighted by Gasteiger charge is 2.26. The minimum Gasteiger partial charge on any atom is -0.384 e. The fraction of sp³-hybridized carbons (Fsp3) is 0.562. The summed E-state index contributed by atoms with van der Waals surface area (Å²) in [6.45, 7) is 11.2. The van der Waals surface area contributed by atoms with Gasteiger partial charge in [-0.05, 0) is 26.8 Å². The molecule has 0 saturated carbocycles. The van der Waals surface area contributed by atoms with Crippen LogP contribution in [0.5, 0.6) is 0 Å². The largest absolute Gasteiger partial charge is 0.384 e. The van der Waals surface area contributed by atoms with E-state index in [2.05, 4.69) is 30.6 Å². The summed E-state index contributed by atoms with van der Waals surface area (Å²) >= 11 is 0. The van der Waals surface area contributed by atoms with Crippen molar-refractivity contribution in [2.75, 3.05) is 26.2 Å². The Bertz CT molecular complexity index is 513. The third-order valence-electron chi connectivity index (χ3n) is 4.08.